The first-order chi connectivity index (χ1) is 22.6. The standard InChI is InChI=1S/C39H67NO7/c1-6-8-10-12-14-16-17-18-19-20-21-22-24-25-27-29-37(41)46-34-35(33-45-32-31-36(39(43)44)40(3,4)5)47-38(42)30-28-26-23-15-13-11-9-7-2/h8,10,12,14,16-19,35-36H,6-7,9,11,13,15,20-34H2,1-5H3/b10-8+,14-12+,17-16+,19-18+. The summed E-state index contributed by atoms with van der Waals surface area (Å²) in [5.41, 5.74) is 0. The van der Waals surface area contributed by atoms with Gasteiger partial charge in [-0.1, -0.05) is 127 Å². The van der Waals surface area contributed by atoms with E-state index in [1.54, 1.807) is 21.1 Å². The van der Waals surface area contributed by atoms with Crippen LogP contribution in [0.4, 0.5) is 0 Å². The van der Waals surface area contributed by atoms with Gasteiger partial charge in [0.1, 0.15) is 12.6 Å². The topological polar surface area (TPSA) is 102 Å². The zero-order valence-corrected chi connectivity index (χ0v) is 30.4. The molecule has 0 aliphatic heterocycles. The first-order valence-electron chi connectivity index (χ1n) is 18.2. The molecule has 0 fully saturated rings. The number of allylic oxidation sites excluding steroid dienone is 8. The Morgan fingerprint density at radius 1 is 0.660 bits per heavy atom. The number of carbonyl (C=O) groups excluding carboxylic acids is 3. The number of unbranched alkanes of at least 4 members (excludes halogenated alkanes) is 12. The van der Waals surface area contributed by atoms with Crippen LogP contribution in [-0.2, 0) is 28.6 Å². The van der Waals surface area contributed by atoms with Gasteiger partial charge < -0.3 is 28.6 Å². The van der Waals surface area contributed by atoms with Gasteiger partial charge in [-0.2, -0.15) is 0 Å². The predicted molar refractivity (Wildman–Crippen MR) is 189 cm³/mol. The van der Waals surface area contributed by atoms with Crippen molar-refractivity contribution in [1.29, 1.82) is 0 Å². The number of ether oxygens (including phenoxy) is 3. The molecule has 0 aromatic rings. The number of carboxylic acids is 1. The Morgan fingerprint density at radius 3 is 1.77 bits per heavy atom. The molecule has 8 nitrogen and oxygen atoms in total. The number of hydrogen-bond acceptors (Lipinski definition) is 7. The molecule has 270 valence electrons. The van der Waals surface area contributed by atoms with E-state index in [9.17, 15) is 19.5 Å². The molecule has 2 atom stereocenters. The molecule has 0 bridgehead atoms. The van der Waals surface area contributed by atoms with Crippen molar-refractivity contribution in [2.75, 3.05) is 41.0 Å². The molecule has 0 saturated heterocycles. The highest BCUT2D eigenvalue weighted by molar-refractivity contribution is 5.70. The Hall–Kier alpha value is -2.71. The van der Waals surface area contributed by atoms with E-state index < -0.39 is 18.1 Å². The van der Waals surface area contributed by atoms with E-state index in [-0.39, 0.29) is 42.7 Å². The monoisotopic (exact) mass is 661 g/mol. The molecule has 0 N–H and O–H groups in total. The summed E-state index contributed by atoms with van der Waals surface area (Å²) in [6.07, 6.45) is 32.8. The van der Waals surface area contributed by atoms with Crippen LogP contribution in [0.5, 0.6) is 0 Å². The van der Waals surface area contributed by atoms with Gasteiger partial charge in [-0.25, -0.2) is 0 Å². The van der Waals surface area contributed by atoms with Crippen LogP contribution >= 0.6 is 0 Å². The highest BCUT2D eigenvalue weighted by Crippen LogP contribution is 2.12. The quantitative estimate of drug-likeness (QED) is 0.0327. The van der Waals surface area contributed by atoms with Gasteiger partial charge in [0.2, 0.25) is 0 Å². The van der Waals surface area contributed by atoms with E-state index >= 15 is 0 Å². The molecule has 0 radical (unpaired) electrons. The van der Waals surface area contributed by atoms with Crippen LogP contribution in [0, 0.1) is 0 Å². The summed E-state index contributed by atoms with van der Waals surface area (Å²) in [6, 6.07) is -0.727. The van der Waals surface area contributed by atoms with Crippen LogP contribution in [0.15, 0.2) is 48.6 Å². The SMILES string of the molecule is CC/C=C/C=C/C=C/C=C/CCCCCCCC(=O)OCC(COCCC(C(=O)[O-])[N+](C)(C)C)OC(=O)CCCCCCCCCC. The summed E-state index contributed by atoms with van der Waals surface area (Å²) >= 11 is 0. The molecule has 47 heavy (non-hydrogen) atoms. The van der Waals surface area contributed by atoms with Gasteiger partial charge in [0.05, 0.1) is 40.3 Å². The van der Waals surface area contributed by atoms with Crippen molar-refractivity contribution in [3.8, 4) is 0 Å². The van der Waals surface area contributed by atoms with Crippen molar-refractivity contribution in [2.24, 2.45) is 0 Å². The van der Waals surface area contributed by atoms with Crippen LogP contribution in [-0.4, -0.2) is 75.5 Å². The highest BCUT2D eigenvalue weighted by atomic mass is 16.6. The number of likely N-dealkylation sites (N-methyl/N-ethyl adjacent to an activating group) is 1. The number of esters is 2. The number of rotatable bonds is 31. The molecule has 2 unspecified atom stereocenters. The fraction of sp³-hybridized carbons (Fsp3) is 0.718. The van der Waals surface area contributed by atoms with Crippen LogP contribution in [0.25, 0.3) is 0 Å². The predicted octanol–water partition coefficient (Wildman–Crippen LogP) is 7.57. The van der Waals surface area contributed by atoms with E-state index in [1.807, 2.05) is 30.4 Å². The Balaban J connectivity index is 4.45. The Bertz CT molecular complexity index is 917. The largest absolute Gasteiger partial charge is 0.544 e. The van der Waals surface area contributed by atoms with Gasteiger partial charge in [0.15, 0.2) is 6.10 Å². The van der Waals surface area contributed by atoms with Crippen LogP contribution < -0.4 is 5.11 Å². The average Bonchev–Trinajstić information content (AvgIpc) is 3.01. The second-order valence-electron chi connectivity index (χ2n) is 13.2. The zero-order chi connectivity index (χ0) is 35.0. The van der Waals surface area contributed by atoms with Gasteiger partial charge in [-0.05, 0) is 32.1 Å². The Morgan fingerprint density at radius 2 is 1.19 bits per heavy atom. The fourth-order valence-corrected chi connectivity index (χ4v) is 4.96. The average molecular weight is 662 g/mol. The number of carboxylic acid groups (broad SMARTS) is 1. The summed E-state index contributed by atoms with van der Waals surface area (Å²) in [4.78, 5) is 36.5. The first-order valence-corrected chi connectivity index (χ1v) is 18.2. The second-order valence-corrected chi connectivity index (χ2v) is 13.2. The van der Waals surface area contributed by atoms with Gasteiger partial charge in [0, 0.05) is 19.3 Å². The van der Waals surface area contributed by atoms with Crippen LogP contribution in [0.2, 0.25) is 0 Å². The Labute approximate surface area is 286 Å². The molecular formula is C39H67NO7. The zero-order valence-electron chi connectivity index (χ0n) is 30.4. The van der Waals surface area contributed by atoms with Crippen molar-refractivity contribution < 1.29 is 38.2 Å². The summed E-state index contributed by atoms with van der Waals surface area (Å²) in [5.74, 6) is -1.78. The summed E-state index contributed by atoms with van der Waals surface area (Å²) in [6.45, 7) is 4.44. The van der Waals surface area contributed by atoms with Gasteiger partial charge in [0.25, 0.3) is 0 Å². The smallest absolute Gasteiger partial charge is 0.306 e. The minimum Gasteiger partial charge on any atom is -0.544 e. The second kappa shape index (κ2) is 30.6. The maximum absolute atomic E-state index is 12.5. The minimum absolute atomic E-state index is 0.0323. The molecule has 0 aliphatic rings. The molecule has 0 aliphatic carbocycles. The summed E-state index contributed by atoms with van der Waals surface area (Å²) < 4.78 is 17.0. The van der Waals surface area contributed by atoms with Crippen molar-refractivity contribution in [3.05, 3.63) is 48.6 Å². The number of carbonyl (C=O) groups is 3. The Kier molecular flexibility index (Phi) is 28.8. The molecular weight excluding hydrogens is 594 g/mol. The lowest BCUT2D eigenvalue weighted by Crippen LogP contribution is -2.55. The molecule has 0 amide bonds. The molecule has 0 heterocycles. The van der Waals surface area contributed by atoms with Crippen LogP contribution in [0.1, 0.15) is 129 Å². The lowest BCUT2D eigenvalue weighted by molar-refractivity contribution is -0.889. The summed E-state index contributed by atoms with van der Waals surface area (Å²) in [5, 5.41) is 11.5. The molecule has 0 aromatic heterocycles. The van der Waals surface area contributed by atoms with Crippen molar-refractivity contribution in [1.82, 2.24) is 0 Å². The molecule has 0 aromatic carbocycles. The fourth-order valence-electron chi connectivity index (χ4n) is 4.96. The van der Waals surface area contributed by atoms with E-state index in [1.165, 1.54) is 32.1 Å². The number of aliphatic carboxylic acids is 1. The minimum atomic E-state index is -1.13. The van der Waals surface area contributed by atoms with E-state index in [2.05, 4.69) is 32.1 Å². The van der Waals surface area contributed by atoms with Crippen molar-refractivity contribution >= 4 is 17.9 Å². The van der Waals surface area contributed by atoms with E-state index in [0.29, 0.717) is 12.8 Å². The number of quaternary nitrogens is 1. The van der Waals surface area contributed by atoms with E-state index in [4.69, 9.17) is 14.2 Å². The summed E-state index contributed by atoms with van der Waals surface area (Å²) in [7, 11) is 5.38. The molecule has 0 saturated carbocycles. The number of hydrogen-bond donors (Lipinski definition) is 0. The first kappa shape index (κ1) is 44.3. The molecule has 0 spiro atoms. The molecule has 8 heteroatoms. The van der Waals surface area contributed by atoms with Crippen molar-refractivity contribution in [3.63, 3.8) is 0 Å². The third-order valence-corrected chi connectivity index (χ3v) is 7.82. The maximum atomic E-state index is 12.5. The maximum Gasteiger partial charge on any atom is 0.306 e. The van der Waals surface area contributed by atoms with Crippen LogP contribution in [0.3, 0.4) is 0 Å². The molecule has 0 rings (SSSR count). The van der Waals surface area contributed by atoms with Gasteiger partial charge in [-0.3, -0.25) is 9.59 Å². The lowest BCUT2D eigenvalue weighted by atomic mass is 10.1. The number of nitrogens with zero attached hydrogens (tertiary/aromatic N) is 1. The lowest BCUT2D eigenvalue weighted by Gasteiger charge is -2.34. The van der Waals surface area contributed by atoms with Gasteiger partial charge in [-0.15, -0.1) is 0 Å². The van der Waals surface area contributed by atoms with Gasteiger partial charge >= 0.3 is 11.9 Å². The van der Waals surface area contributed by atoms with E-state index in [0.717, 1.165) is 64.2 Å². The third-order valence-electron chi connectivity index (χ3n) is 7.82. The third kappa shape index (κ3) is 29.2. The highest BCUT2D eigenvalue weighted by Gasteiger charge is 2.25. The normalized spacial score (nSPS) is 13.6. The van der Waals surface area contributed by atoms with Crippen molar-refractivity contribution in [2.45, 2.75) is 142 Å².